The summed E-state index contributed by atoms with van der Waals surface area (Å²) in [7, 11) is 1.69. The van der Waals surface area contributed by atoms with Gasteiger partial charge in [0.05, 0.1) is 18.6 Å². The molecule has 18 heavy (non-hydrogen) atoms. The molecule has 2 unspecified atom stereocenters. The molecule has 0 aromatic carbocycles. The molecule has 2 rings (SSSR count). The van der Waals surface area contributed by atoms with Crippen molar-refractivity contribution in [2.75, 3.05) is 13.7 Å². The molecule has 1 N–H and O–H groups in total. The summed E-state index contributed by atoms with van der Waals surface area (Å²) in [5.74, 6) is 1.07. The smallest absolute Gasteiger partial charge is 0.157 e. The minimum Gasteiger partial charge on any atom is -0.380 e. The largest absolute Gasteiger partial charge is 0.380 e. The summed E-state index contributed by atoms with van der Waals surface area (Å²) in [5, 5.41) is 3.21. The summed E-state index contributed by atoms with van der Waals surface area (Å²) in [5.41, 5.74) is 0. The molecule has 2 heterocycles. The molecule has 1 fully saturated rings. The monoisotopic (exact) mass is 251 g/mol. The van der Waals surface area contributed by atoms with E-state index in [4.69, 9.17) is 4.74 Å². The second-order valence-electron chi connectivity index (χ2n) is 4.73. The first-order valence-electron chi connectivity index (χ1n) is 6.53. The van der Waals surface area contributed by atoms with Crippen LogP contribution in [0, 0.1) is 0 Å². The maximum absolute atomic E-state index is 12.2. The van der Waals surface area contributed by atoms with Crippen LogP contribution < -0.4 is 5.32 Å². The Morgan fingerprint density at radius 1 is 1.67 bits per heavy atom. The van der Waals surface area contributed by atoms with Crippen molar-refractivity contribution >= 4 is 5.78 Å². The summed E-state index contributed by atoms with van der Waals surface area (Å²) >= 11 is 0. The molecule has 0 aliphatic carbocycles. The third kappa shape index (κ3) is 2.97. The quantitative estimate of drug-likeness (QED) is 0.812. The van der Waals surface area contributed by atoms with Crippen LogP contribution in [0.15, 0.2) is 12.4 Å². The molecule has 100 valence electrons. The number of ether oxygens (including phenoxy) is 1. The molecule has 0 amide bonds. The van der Waals surface area contributed by atoms with Crippen molar-refractivity contribution in [1.29, 1.82) is 0 Å². The SMILES string of the molecule is CCCn1ccnc1CC(=O)C1CC(OC)CN1. The maximum Gasteiger partial charge on any atom is 0.157 e. The molecule has 0 saturated carbocycles. The van der Waals surface area contributed by atoms with Crippen LogP contribution >= 0.6 is 0 Å². The van der Waals surface area contributed by atoms with Gasteiger partial charge in [-0.2, -0.15) is 0 Å². The Bertz CT molecular complexity index is 403. The number of carbonyl (C=O) groups excluding carboxylic acids is 1. The second-order valence-corrected chi connectivity index (χ2v) is 4.73. The van der Waals surface area contributed by atoms with Gasteiger partial charge in [-0.1, -0.05) is 6.92 Å². The topological polar surface area (TPSA) is 56.2 Å². The second kappa shape index (κ2) is 6.11. The van der Waals surface area contributed by atoms with E-state index in [1.165, 1.54) is 0 Å². The first-order chi connectivity index (χ1) is 8.74. The molecular weight excluding hydrogens is 230 g/mol. The van der Waals surface area contributed by atoms with Crippen LogP contribution in [0.25, 0.3) is 0 Å². The summed E-state index contributed by atoms with van der Waals surface area (Å²) in [6, 6.07) is -0.0817. The summed E-state index contributed by atoms with van der Waals surface area (Å²) < 4.78 is 7.31. The molecule has 0 bridgehead atoms. The van der Waals surface area contributed by atoms with Gasteiger partial charge in [0.25, 0.3) is 0 Å². The molecule has 2 atom stereocenters. The number of hydrogen-bond acceptors (Lipinski definition) is 4. The van der Waals surface area contributed by atoms with Crippen molar-refractivity contribution in [3.05, 3.63) is 18.2 Å². The first kappa shape index (κ1) is 13.2. The summed E-state index contributed by atoms with van der Waals surface area (Å²) in [4.78, 5) is 16.4. The third-order valence-corrected chi connectivity index (χ3v) is 3.41. The van der Waals surface area contributed by atoms with Crippen molar-refractivity contribution in [2.24, 2.45) is 0 Å². The summed E-state index contributed by atoms with van der Waals surface area (Å²) in [6.45, 7) is 3.80. The fourth-order valence-electron chi connectivity index (χ4n) is 2.36. The van der Waals surface area contributed by atoms with Gasteiger partial charge < -0.3 is 14.6 Å². The third-order valence-electron chi connectivity index (χ3n) is 3.41. The van der Waals surface area contributed by atoms with E-state index in [-0.39, 0.29) is 17.9 Å². The molecule has 1 aliphatic heterocycles. The number of methoxy groups -OCH3 is 1. The molecule has 1 aromatic heterocycles. The Balaban J connectivity index is 1.93. The number of nitrogens with zero attached hydrogens (tertiary/aromatic N) is 2. The predicted octanol–water partition coefficient (Wildman–Crippen LogP) is 0.782. The maximum atomic E-state index is 12.2. The number of imidazole rings is 1. The lowest BCUT2D eigenvalue weighted by Crippen LogP contribution is -2.32. The van der Waals surface area contributed by atoms with E-state index in [2.05, 4.69) is 21.8 Å². The predicted molar refractivity (Wildman–Crippen MR) is 68.4 cm³/mol. The zero-order valence-electron chi connectivity index (χ0n) is 11.1. The average molecular weight is 251 g/mol. The van der Waals surface area contributed by atoms with E-state index in [1.54, 1.807) is 13.3 Å². The first-order valence-corrected chi connectivity index (χ1v) is 6.53. The molecule has 5 heteroatoms. The van der Waals surface area contributed by atoms with Crippen LogP contribution in [-0.4, -0.2) is 41.1 Å². The van der Waals surface area contributed by atoms with Crippen molar-refractivity contribution in [1.82, 2.24) is 14.9 Å². The van der Waals surface area contributed by atoms with Crippen LogP contribution in [0.4, 0.5) is 0 Å². The van der Waals surface area contributed by atoms with Crippen molar-refractivity contribution in [3.8, 4) is 0 Å². The van der Waals surface area contributed by atoms with Gasteiger partial charge in [-0.15, -0.1) is 0 Å². The van der Waals surface area contributed by atoms with Gasteiger partial charge in [-0.05, 0) is 12.8 Å². The number of hydrogen-bond donors (Lipinski definition) is 1. The highest BCUT2D eigenvalue weighted by Gasteiger charge is 2.29. The number of rotatable bonds is 6. The molecule has 5 nitrogen and oxygen atoms in total. The van der Waals surface area contributed by atoms with Crippen molar-refractivity contribution in [3.63, 3.8) is 0 Å². The van der Waals surface area contributed by atoms with Gasteiger partial charge in [0, 0.05) is 32.6 Å². The Kier molecular flexibility index (Phi) is 4.49. The Morgan fingerprint density at radius 2 is 2.50 bits per heavy atom. The van der Waals surface area contributed by atoms with Crippen LogP contribution in [0.2, 0.25) is 0 Å². The number of aromatic nitrogens is 2. The number of aryl methyl sites for hydroxylation is 1. The van der Waals surface area contributed by atoms with Gasteiger partial charge in [0.15, 0.2) is 5.78 Å². The number of ketones is 1. The van der Waals surface area contributed by atoms with Crippen LogP contribution in [0.5, 0.6) is 0 Å². The van der Waals surface area contributed by atoms with Gasteiger partial charge in [0.2, 0.25) is 0 Å². The highest BCUT2D eigenvalue weighted by Crippen LogP contribution is 2.12. The van der Waals surface area contributed by atoms with Gasteiger partial charge in [-0.25, -0.2) is 4.98 Å². The number of nitrogens with one attached hydrogen (secondary N) is 1. The average Bonchev–Trinajstić information content (AvgIpc) is 2.99. The van der Waals surface area contributed by atoms with Crippen LogP contribution in [0.1, 0.15) is 25.6 Å². The zero-order valence-corrected chi connectivity index (χ0v) is 11.1. The molecule has 0 spiro atoms. The number of carbonyl (C=O) groups is 1. The molecule has 1 saturated heterocycles. The van der Waals surface area contributed by atoms with E-state index < -0.39 is 0 Å². The molecule has 1 aliphatic rings. The highest BCUT2D eigenvalue weighted by molar-refractivity contribution is 5.85. The van der Waals surface area contributed by atoms with Crippen LogP contribution in [-0.2, 0) is 22.5 Å². The van der Waals surface area contributed by atoms with Crippen LogP contribution in [0.3, 0.4) is 0 Å². The fourth-order valence-corrected chi connectivity index (χ4v) is 2.36. The lowest BCUT2D eigenvalue weighted by atomic mass is 10.1. The normalized spacial score (nSPS) is 23.4. The zero-order chi connectivity index (χ0) is 13.0. The van der Waals surface area contributed by atoms with Gasteiger partial charge in [-0.3, -0.25) is 4.79 Å². The van der Waals surface area contributed by atoms with Crippen molar-refractivity contribution < 1.29 is 9.53 Å². The molecular formula is C13H21N3O2. The summed E-state index contributed by atoms with van der Waals surface area (Å²) in [6.07, 6.45) is 6.08. The minimum absolute atomic E-state index is 0.0817. The molecule has 1 aromatic rings. The minimum atomic E-state index is -0.0817. The van der Waals surface area contributed by atoms with Gasteiger partial charge in [0.1, 0.15) is 5.82 Å². The number of Topliss-reactive ketones (excluding diaryl/α,β-unsaturated/α-hetero) is 1. The Labute approximate surface area is 108 Å². The molecule has 0 radical (unpaired) electrons. The Hall–Kier alpha value is -1.20. The fraction of sp³-hybridized carbons (Fsp3) is 0.692. The van der Waals surface area contributed by atoms with E-state index in [1.807, 2.05) is 6.20 Å². The lowest BCUT2D eigenvalue weighted by molar-refractivity contribution is -0.120. The van der Waals surface area contributed by atoms with E-state index >= 15 is 0 Å². The van der Waals surface area contributed by atoms with E-state index in [0.717, 1.165) is 31.8 Å². The lowest BCUT2D eigenvalue weighted by Gasteiger charge is -2.10. The van der Waals surface area contributed by atoms with E-state index in [0.29, 0.717) is 6.42 Å². The highest BCUT2D eigenvalue weighted by atomic mass is 16.5. The van der Waals surface area contributed by atoms with Crippen molar-refractivity contribution in [2.45, 2.75) is 44.9 Å². The standard InChI is InChI=1S/C13H21N3O2/c1-3-5-16-6-4-14-13(16)8-12(17)11-7-10(18-2)9-15-11/h4,6,10-11,15H,3,5,7-9H2,1-2H3. The van der Waals surface area contributed by atoms with Gasteiger partial charge >= 0.3 is 0 Å². The Morgan fingerprint density at radius 3 is 3.17 bits per heavy atom. The van der Waals surface area contributed by atoms with E-state index in [9.17, 15) is 4.79 Å².